The largest absolute Gasteiger partial charge is 0.354 e. The van der Waals surface area contributed by atoms with Crippen LogP contribution in [0.1, 0.15) is 31.4 Å². The molecule has 1 aliphatic heterocycles. The maximum absolute atomic E-state index is 9.89. The number of fused-ring (bicyclic) bond motifs is 1. The highest BCUT2D eigenvalue weighted by Crippen LogP contribution is 2.68. The van der Waals surface area contributed by atoms with Crippen molar-refractivity contribution in [3.63, 3.8) is 0 Å². The quantitative estimate of drug-likeness (QED) is 0.710. The Kier molecular flexibility index (Phi) is 3.47. The van der Waals surface area contributed by atoms with Crippen molar-refractivity contribution in [3.05, 3.63) is 30.4 Å². The third-order valence-electron chi connectivity index (χ3n) is 6.80. The summed E-state index contributed by atoms with van der Waals surface area (Å²) in [5.74, 6) is 0.921. The van der Waals surface area contributed by atoms with Crippen LogP contribution in [0.2, 0.25) is 0 Å². The molecule has 0 aromatic carbocycles. The third-order valence-corrected chi connectivity index (χ3v) is 6.80. The summed E-state index contributed by atoms with van der Waals surface area (Å²) in [5, 5.41) is 21.8. The minimum absolute atomic E-state index is 0.427. The first-order chi connectivity index (χ1) is 14.2. The van der Waals surface area contributed by atoms with Gasteiger partial charge in [0.1, 0.15) is 23.3 Å². The molecule has 8 nitrogen and oxygen atoms in total. The summed E-state index contributed by atoms with van der Waals surface area (Å²) >= 11 is 0. The van der Waals surface area contributed by atoms with E-state index in [9.17, 15) is 5.26 Å². The second kappa shape index (κ2) is 5.97. The lowest BCUT2D eigenvalue weighted by Crippen LogP contribution is -2.43. The van der Waals surface area contributed by atoms with Crippen LogP contribution < -0.4 is 10.2 Å². The molecule has 1 spiro atoms. The van der Waals surface area contributed by atoms with Gasteiger partial charge in [-0.25, -0.2) is 9.97 Å². The van der Waals surface area contributed by atoms with Crippen molar-refractivity contribution in [1.29, 1.82) is 5.26 Å². The van der Waals surface area contributed by atoms with Crippen LogP contribution in [0.5, 0.6) is 0 Å². The van der Waals surface area contributed by atoms with E-state index in [1.807, 2.05) is 12.1 Å². The van der Waals surface area contributed by atoms with E-state index in [-0.39, 0.29) is 0 Å². The molecule has 8 heteroatoms. The molecule has 146 valence electrons. The highest BCUT2D eigenvalue weighted by Gasteiger charge is 2.62. The van der Waals surface area contributed by atoms with Gasteiger partial charge in [-0.1, -0.05) is 0 Å². The lowest BCUT2D eigenvalue weighted by Gasteiger charge is -2.43. The monoisotopic (exact) mass is 386 g/mol. The molecule has 3 fully saturated rings. The van der Waals surface area contributed by atoms with E-state index in [1.165, 1.54) is 12.8 Å². The van der Waals surface area contributed by atoms with Gasteiger partial charge in [-0.05, 0) is 37.2 Å². The van der Waals surface area contributed by atoms with Crippen LogP contribution in [0.25, 0.3) is 22.3 Å². The molecule has 0 unspecified atom stereocenters. The summed E-state index contributed by atoms with van der Waals surface area (Å²) in [5.41, 5.74) is 3.28. The van der Waals surface area contributed by atoms with Crippen molar-refractivity contribution in [2.24, 2.45) is 5.41 Å². The minimum Gasteiger partial charge on any atom is -0.354 e. The second-order valence-electron chi connectivity index (χ2n) is 8.73. The minimum atomic E-state index is -0.448. The Morgan fingerprint density at radius 1 is 1.07 bits per heavy atom. The standard InChI is InChI=1S/C21H22N8/c22-12-21(10-20(11-21)1-2-20)17-7-14-16(9-24-17)27-28-19(14)15-8-18(26-13-25-15)29-5-3-23-4-6-29/h7-9,13,23H,1-6,10-11H2,(H,27,28). The molecule has 3 aliphatic rings. The zero-order valence-electron chi connectivity index (χ0n) is 16.1. The van der Waals surface area contributed by atoms with Crippen LogP contribution in [-0.4, -0.2) is 51.3 Å². The second-order valence-corrected chi connectivity index (χ2v) is 8.73. The Labute approximate surface area is 168 Å². The van der Waals surface area contributed by atoms with Crippen molar-refractivity contribution in [1.82, 2.24) is 30.5 Å². The molecule has 2 N–H and O–H groups in total. The summed E-state index contributed by atoms with van der Waals surface area (Å²) in [4.78, 5) is 15.8. The van der Waals surface area contributed by atoms with Gasteiger partial charge in [-0.15, -0.1) is 0 Å². The Hall–Kier alpha value is -3.05. The zero-order chi connectivity index (χ0) is 19.5. The molecule has 4 heterocycles. The van der Waals surface area contributed by atoms with Crippen LogP contribution in [0, 0.1) is 16.7 Å². The summed E-state index contributed by atoms with van der Waals surface area (Å²) in [7, 11) is 0. The van der Waals surface area contributed by atoms with Crippen molar-refractivity contribution >= 4 is 16.7 Å². The number of rotatable bonds is 3. The molecule has 0 amide bonds. The highest BCUT2D eigenvalue weighted by molar-refractivity contribution is 5.92. The Bertz CT molecular complexity index is 1130. The first kappa shape index (κ1) is 16.9. The van der Waals surface area contributed by atoms with Crippen LogP contribution in [-0.2, 0) is 5.41 Å². The molecular formula is C21H22N8. The molecule has 29 heavy (non-hydrogen) atoms. The first-order valence-electron chi connectivity index (χ1n) is 10.2. The molecular weight excluding hydrogens is 364 g/mol. The number of H-pyrrole nitrogens is 1. The average Bonchev–Trinajstić information content (AvgIpc) is 3.43. The number of piperazine rings is 1. The van der Waals surface area contributed by atoms with Crippen molar-refractivity contribution in [3.8, 4) is 17.5 Å². The summed E-state index contributed by atoms with van der Waals surface area (Å²) in [6.07, 6.45) is 7.79. The van der Waals surface area contributed by atoms with E-state index in [4.69, 9.17) is 0 Å². The smallest absolute Gasteiger partial charge is 0.132 e. The molecule has 3 aromatic rings. The van der Waals surface area contributed by atoms with Crippen LogP contribution in [0.4, 0.5) is 5.82 Å². The van der Waals surface area contributed by atoms with Gasteiger partial charge in [0.05, 0.1) is 29.2 Å². The van der Waals surface area contributed by atoms with Crippen molar-refractivity contribution in [2.75, 3.05) is 31.1 Å². The Morgan fingerprint density at radius 3 is 2.66 bits per heavy atom. The fourth-order valence-corrected chi connectivity index (χ4v) is 4.99. The summed E-state index contributed by atoms with van der Waals surface area (Å²) < 4.78 is 0. The van der Waals surface area contributed by atoms with E-state index in [2.05, 4.69) is 41.4 Å². The molecule has 3 aromatic heterocycles. The number of nitrogens with zero attached hydrogens (tertiary/aromatic N) is 6. The highest BCUT2D eigenvalue weighted by atomic mass is 15.2. The SMILES string of the molecule is N#CC1(c2cc3c(-c4cc(N5CCNCC5)ncn4)n[nH]c3cn2)CC2(CC2)C1. The topological polar surface area (TPSA) is 106 Å². The van der Waals surface area contributed by atoms with Gasteiger partial charge in [0, 0.05) is 37.6 Å². The molecule has 0 atom stereocenters. The first-order valence-corrected chi connectivity index (χ1v) is 10.2. The van der Waals surface area contributed by atoms with Gasteiger partial charge >= 0.3 is 0 Å². The fourth-order valence-electron chi connectivity index (χ4n) is 4.99. The molecule has 1 saturated heterocycles. The molecule has 6 rings (SSSR count). The van der Waals surface area contributed by atoms with E-state index >= 15 is 0 Å². The number of hydrogen-bond donors (Lipinski definition) is 2. The Morgan fingerprint density at radius 2 is 1.90 bits per heavy atom. The van der Waals surface area contributed by atoms with Gasteiger partial charge in [-0.3, -0.25) is 10.1 Å². The number of nitrogens with one attached hydrogen (secondary N) is 2. The van der Waals surface area contributed by atoms with Crippen LogP contribution >= 0.6 is 0 Å². The van der Waals surface area contributed by atoms with Crippen LogP contribution in [0.15, 0.2) is 24.7 Å². The fraction of sp³-hybridized carbons (Fsp3) is 0.476. The maximum atomic E-state index is 9.89. The summed E-state index contributed by atoms with van der Waals surface area (Å²) in [6, 6.07) is 6.61. The Balaban J connectivity index is 1.39. The predicted molar refractivity (Wildman–Crippen MR) is 108 cm³/mol. The predicted octanol–water partition coefficient (Wildman–Crippen LogP) is 2.16. The maximum Gasteiger partial charge on any atom is 0.132 e. The van der Waals surface area contributed by atoms with Gasteiger partial charge in [0.25, 0.3) is 0 Å². The number of aromatic nitrogens is 5. The normalized spacial score (nSPS) is 21.7. The van der Waals surface area contributed by atoms with E-state index in [0.29, 0.717) is 5.41 Å². The number of nitriles is 1. The number of pyridine rings is 1. The number of hydrogen-bond acceptors (Lipinski definition) is 7. The molecule has 0 bridgehead atoms. The number of anilines is 1. The van der Waals surface area contributed by atoms with E-state index in [1.54, 1.807) is 12.5 Å². The zero-order valence-corrected chi connectivity index (χ0v) is 16.1. The number of aromatic amines is 1. The van der Waals surface area contributed by atoms with E-state index in [0.717, 1.165) is 72.8 Å². The van der Waals surface area contributed by atoms with Crippen molar-refractivity contribution in [2.45, 2.75) is 31.1 Å². The third kappa shape index (κ3) is 2.61. The molecule has 2 saturated carbocycles. The lowest BCUT2D eigenvalue weighted by atomic mass is 9.58. The lowest BCUT2D eigenvalue weighted by molar-refractivity contribution is 0.168. The van der Waals surface area contributed by atoms with Crippen LogP contribution in [0.3, 0.4) is 0 Å². The van der Waals surface area contributed by atoms with Gasteiger partial charge in [-0.2, -0.15) is 10.4 Å². The van der Waals surface area contributed by atoms with Gasteiger partial charge in [0.2, 0.25) is 0 Å². The van der Waals surface area contributed by atoms with Gasteiger partial charge < -0.3 is 10.2 Å². The van der Waals surface area contributed by atoms with Gasteiger partial charge in [0.15, 0.2) is 0 Å². The van der Waals surface area contributed by atoms with E-state index < -0.39 is 5.41 Å². The molecule has 2 aliphatic carbocycles. The average molecular weight is 386 g/mol. The molecule has 0 radical (unpaired) electrons. The van der Waals surface area contributed by atoms with Crippen molar-refractivity contribution < 1.29 is 0 Å². The summed E-state index contributed by atoms with van der Waals surface area (Å²) in [6.45, 7) is 3.77.